The van der Waals surface area contributed by atoms with Crippen molar-refractivity contribution >= 4 is 5.82 Å². The summed E-state index contributed by atoms with van der Waals surface area (Å²) >= 11 is 0. The quantitative estimate of drug-likeness (QED) is 0.754. The second kappa shape index (κ2) is 3.81. The van der Waals surface area contributed by atoms with Gasteiger partial charge in [-0.25, -0.2) is 4.98 Å². The van der Waals surface area contributed by atoms with Crippen molar-refractivity contribution < 1.29 is 0 Å². The highest BCUT2D eigenvalue weighted by Crippen LogP contribution is 2.23. The maximum atomic E-state index is 4.50. The molecule has 1 fully saturated rings. The number of hydrogen-bond donors (Lipinski definition) is 1. The molecule has 1 N–H and O–H groups in total. The minimum atomic E-state index is 0.153. The van der Waals surface area contributed by atoms with Crippen LogP contribution in [0.3, 0.4) is 0 Å². The van der Waals surface area contributed by atoms with Gasteiger partial charge in [-0.05, 0) is 32.4 Å². The van der Waals surface area contributed by atoms with Gasteiger partial charge in [0.05, 0.1) is 0 Å². The summed E-state index contributed by atoms with van der Waals surface area (Å²) in [5.74, 6) is 1.09. The largest absolute Gasteiger partial charge is 0.349 e. The van der Waals surface area contributed by atoms with Crippen molar-refractivity contribution in [3.05, 3.63) is 23.9 Å². The van der Waals surface area contributed by atoms with Gasteiger partial charge in [0.2, 0.25) is 0 Å². The molecular formula is C12H19N3. The van der Waals surface area contributed by atoms with E-state index >= 15 is 0 Å². The lowest BCUT2D eigenvalue weighted by Gasteiger charge is -2.43. The molecule has 0 bridgehead atoms. The van der Waals surface area contributed by atoms with E-state index in [2.05, 4.69) is 48.1 Å². The second-order valence-electron chi connectivity index (χ2n) is 4.83. The predicted molar refractivity (Wildman–Crippen MR) is 63.3 cm³/mol. The first kappa shape index (κ1) is 10.4. The fourth-order valence-electron chi connectivity index (χ4n) is 2.03. The zero-order valence-electron chi connectivity index (χ0n) is 9.75. The zero-order chi connectivity index (χ0) is 10.9. The van der Waals surface area contributed by atoms with Gasteiger partial charge in [-0.2, -0.15) is 0 Å². The van der Waals surface area contributed by atoms with Gasteiger partial charge in [-0.3, -0.25) is 0 Å². The van der Waals surface area contributed by atoms with E-state index in [1.165, 1.54) is 5.56 Å². The highest BCUT2D eigenvalue weighted by atomic mass is 15.3. The number of anilines is 1. The van der Waals surface area contributed by atoms with Crippen LogP contribution in [0, 0.1) is 6.92 Å². The molecule has 0 unspecified atom stereocenters. The molecular weight excluding hydrogens is 186 g/mol. The third kappa shape index (κ3) is 2.12. The lowest BCUT2D eigenvalue weighted by Crippen LogP contribution is -2.58. The van der Waals surface area contributed by atoms with E-state index in [9.17, 15) is 0 Å². The molecule has 1 aliphatic heterocycles. The summed E-state index contributed by atoms with van der Waals surface area (Å²) < 4.78 is 0. The molecule has 0 amide bonds. The highest BCUT2D eigenvalue weighted by molar-refractivity contribution is 5.43. The van der Waals surface area contributed by atoms with E-state index in [1.807, 2.05) is 6.20 Å². The van der Waals surface area contributed by atoms with Gasteiger partial charge in [-0.1, -0.05) is 6.07 Å². The number of aryl methyl sites for hydroxylation is 1. The van der Waals surface area contributed by atoms with Gasteiger partial charge in [0, 0.05) is 31.4 Å². The monoisotopic (exact) mass is 205 g/mol. The van der Waals surface area contributed by atoms with Crippen LogP contribution >= 0.6 is 0 Å². The zero-order valence-corrected chi connectivity index (χ0v) is 9.75. The third-order valence-corrected chi connectivity index (χ3v) is 2.97. The molecule has 1 aliphatic rings. The summed E-state index contributed by atoms with van der Waals surface area (Å²) in [7, 11) is 0. The Morgan fingerprint density at radius 2 is 2.20 bits per heavy atom. The normalized spacial score (nSPS) is 20.3. The van der Waals surface area contributed by atoms with Crippen LogP contribution in [0.5, 0.6) is 0 Å². The predicted octanol–water partition coefficient (Wildman–Crippen LogP) is 1.58. The first-order valence-corrected chi connectivity index (χ1v) is 5.51. The lowest BCUT2D eigenvalue weighted by molar-refractivity contribution is 0.378. The van der Waals surface area contributed by atoms with Gasteiger partial charge in [0.1, 0.15) is 5.82 Å². The fraction of sp³-hybridized carbons (Fsp3) is 0.583. The average molecular weight is 205 g/mol. The SMILES string of the molecule is Cc1ccc(N2CCNCC2(C)C)nc1. The minimum Gasteiger partial charge on any atom is -0.349 e. The fourth-order valence-corrected chi connectivity index (χ4v) is 2.03. The van der Waals surface area contributed by atoms with E-state index in [4.69, 9.17) is 0 Å². The Balaban J connectivity index is 2.25. The number of pyridine rings is 1. The summed E-state index contributed by atoms with van der Waals surface area (Å²) in [5.41, 5.74) is 1.37. The lowest BCUT2D eigenvalue weighted by atomic mass is 10.0. The van der Waals surface area contributed by atoms with Crippen LogP contribution in [-0.2, 0) is 0 Å². The summed E-state index contributed by atoms with van der Waals surface area (Å²) in [6, 6.07) is 4.24. The van der Waals surface area contributed by atoms with Crippen LogP contribution in [-0.4, -0.2) is 30.2 Å². The molecule has 0 saturated carbocycles. The summed E-state index contributed by atoms with van der Waals surface area (Å²) in [5, 5.41) is 3.42. The molecule has 3 heteroatoms. The van der Waals surface area contributed by atoms with Crippen LogP contribution in [0.4, 0.5) is 5.82 Å². The Morgan fingerprint density at radius 3 is 2.80 bits per heavy atom. The molecule has 3 nitrogen and oxygen atoms in total. The van der Waals surface area contributed by atoms with Crippen molar-refractivity contribution in [1.29, 1.82) is 0 Å². The molecule has 0 aromatic carbocycles. The Kier molecular flexibility index (Phi) is 2.65. The molecule has 1 aromatic heterocycles. The van der Waals surface area contributed by atoms with E-state index in [1.54, 1.807) is 0 Å². The maximum absolute atomic E-state index is 4.50. The van der Waals surface area contributed by atoms with Crippen molar-refractivity contribution in [3.63, 3.8) is 0 Å². The molecule has 82 valence electrons. The molecule has 2 rings (SSSR count). The molecule has 1 aromatic rings. The second-order valence-corrected chi connectivity index (χ2v) is 4.83. The van der Waals surface area contributed by atoms with Crippen molar-refractivity contribution in [2.24, 2.45) is 0 Å². The van der Waals surface area contributed by atoms with Crippen molar-refractivity contribution in [1.82, 2.24) is 10.3 Å². The maximum Gasteiger partial charge on any atom is 0.129 e. The number of nitrogens with zero attached hydrogens (tertiary/aromatic N) is 2. The molecule has 1 saturated heterocycles. The van der Waals surface area contributed by atoms with Crippen LogP contribution in [0.1, 0.15) is 19.4 Å². The Morgan fingerprint density at radius 1 is 1.40 bits per heavy atom. The van der Waals surface area contributed by atoms with E-state index < -0.39 is 0 Å². The Labute approximate surface area is 91.5 Å². The van der Waals surface area contributed by atoms with Crippen LogP contribution in [0.15, 0.2) is 18.3 Å². The van der Waals surface area contributed by atoms with Gasteiger partial charge >= 0.3 is 0 Å². The number of piperazine rings is 1. The van der Waals surface area contributed by atoms with Gasteiger partial charge in [-0.15, -0.1) is 0 Å². The smallest absolute Gasteiger partial charge is 0.129 e. The highest BCUT2D eigenvalue weighted by Gasteiger charge is 2.30. The van der Waals surface area contributed by atoms with Crippen LogP contribution in [0.25, 0.3) is 0 Å². The standard InChI is InChI=1S/C12H19N3/c1-10-4-5-11(14-8-10)15-7-6-13-9-12(15,2)3/h4-5,8,13H,6-7,9H2,1-3H3. The van der Waals surface area contributed by atoms with Crippen LogP contribution in [0.2, 0.25) is 0 Å². The van der Waals surface area contributed by atoms with E-state index in [0.29, 0.717) is 0 Å². The number of nitrogens with one attached hydrogen (secondary N) is 1. The molecule has 0 atom stereocenters. The van der Waals surface area contributed by atoms with Gasteiger partial charge in [0.25, 0.3) is 0 Å². The van der Waals surface area contributed by atoms with Gasteiger partial charge < -0.3 is 10.2 Å². The van der Waals surface area contributed by atoms with Crippen LogP contribution < -0.4 is 10.2 Å². The van der Waals surface area contributed by atoms with E-state index in [0.717, 1.165) is 25.5 Å². The molecule has 0 spiro atoms. The summed E-state index contributed by atoms with van der Waals surface area (Å²) in [6.45, 7) is 9.66. The number of aromatic nitrogens is 1. The first-order valence-electron chi connectivity index (χ1n) is 5.51. The number of hydrogen-bond acceptors (Lipinski definition) is 3. The van der Waals surface area contributed by atoms with Crippen molar-refractivity contribution in [2.45, 2.75) is 26.3 Å². The number of rotatable bonds is 1. The molecule has 2 heterocycles. The third-order valence-electron chi connectivity index (χ3n) is 2.97. The average Bonchev–Trinajstić information content (AvgIpc) is 2.19. The topological polar surface area (TPSA) is 28.2 Å². The van der Waals surface area contributed by atoms with Crippen molar-refractivity contribution in [3.8, 4) is 0 Å². The molecule has 0 radical (unpaired) electrons. The molecule has 15 heavy (non-hydrogen) atoms. The Hall–Kier alpha value is -1.09. The van der Waals surface area contributed by atoms with Gasteiger partial charge in [0.15, 0.2) is 0 Å². The summed E-state index contributed by atoms with van der Waals surface area (Å²) in [6.07, 6.45) is 1.94. The first-order chi connectivity index (χ1) is 7.09. The van der Waals surface area contributed by atoms with Crippen molar-refractivity contribution in [2.75, 3.05) is 24.5 Å². The Bertz CT molecular complexity index is 329. The minimum absolute atomic E-state index is 0.153. The van der Waals surface area contributed by atoms with E-state index in [-0.39, 0.29) is 5.54 Å². The summed E-state index contributed by atoms with van der Waals surface area (Å²) in [4.78, 5) is 6.87. The molecule has 0 aliphatic carbocycles.